The normalized spacial score (nSPS) is 24.5. The molecule has 1 rings (SSSR count). The molecule has 1 amide bonds. The highest BCUT2D eigenvalue weighted by Crippen LogP contribution is 2.36. The zero-order valence-corrected chi connectivity index (χ0v) is 13.4. The number of terminal acetylenes is 1. The van der Waals surface area contributed by atoms with Crippen LogP contribution in [0, 0.1) is 35.5 Å². The molecule has 1 fully saturated rings. The first-order valence-corrected chi connectivity index (χ1v) is 7.38. The Morgan fingerprint density at radius 3 is 2.26 bits per heavy atom. The molecule has 0 bridgehead atoms. The topological polar surface area (TPSA) is 20.3 Å². The Kier molecular flexibility index (Phi) is 5.07. The highest BCUT2D eigenvalue weighted by atomic mass is 16.2. The Hall–Kier alpha value is -0.970. The molecule has 1 aliphatic carbocycles. The second kappa shape index (κ2) is 5.99. The quantitative estimate of drug-likeness (QED) is 0.710. The molecular formula is C17H29NO. The lowest BCUT2D eigenvalue weighted by molar-refractivity contribution is -0.141. The molecule has 1 saturated carbocycles. The molecule has 0 spiro atoms. The molecule has 0 aromatic heterocycles. The number of carbonyl (C=O) groups excluding carboxylic acids is 1. The van der Waals surface area contributed by atoms with Gasteiger partial charge in [-0.05, 0) is 30.6 Å². The van der Waals surface area contributed by atoms with E-state index in [9.17, 15) is 4.79 Å². The van der Waals surface area contributed by atoms with Crippen LogP contribution in [-0.2, 0) is 4.79 Å². The van der Waals surface area contributed by atoms with Gasteiger partial charge in [-0.25, -0.2) is 0 Å². The molecular weight excluding hydrogens is 234 g/mol. The van der Waals surface area contributed by atoms with E-state index >= 15 is 0 Å². The molecule has 0 saturated heterocycles. The second-order valence-electron chi connectivity index (χ2n) is 7.56. The van der Waals surface area contributed by atoms with E-state index in [-0.39, 0.29) is 17.2 Å². The minimum absolute atomic E-state index is 0.160. The van der Waals surface area contributed by atoms with Crippen LogP contribution in [0.2, 0.25) is 0 Å². The van der Waals surface area contributed by atoms with Crippen molar-refractivity contribution < 1.29 is 4.79 Å². The highest BCUT2D eigenvalue weighted by molar-refractivity contribution is 5.80. The summed E-state index contributed by atoms with van der Waals surface area (Å²) in [6.07, 6.45) is 8.18. The molecule has 108 valence electrons. The molecule has 0 aliphatic heterocycles. The summed E-state index contributed by atoms with van der Waals surface area (Å²) in [5.74, 6) is 4.00. The average molecular weight is 263 g/mol. The maximum Gasteiger partial charge on any atom is 0.225 e. The standard InChI is InChI=1S/C17H29NO/c1-8-13-9-14(10-13)16(19)18(7)15(12(2)3)11-17(4,5)6/h1,12-15H,9-11H2,2-7H3/t13?,14?,15-/m0/s1. The van der Waals surface area contributed by atoms with E-state index in [2.05, 4.69) is 40.5 Å². The van der Waals surface area contributed by atoms with Gasteiger partial charge in [0.2, 0.25) is 5.91 Å². The molecule has 0 radical (unpaired) electrons. The van der Waals surface area contributed by atoms with Gasteiger partial charge in [0, 0.05) is 24.9 Å². The summed E-state index contributed by atoms with van der Waals surface area (Å²) >= 11 is 0. The van der Waals surface area contributed by atoms with Gasteiger partial charge in [-0.3, -0.25) is 4.79 Å². The van der Waals surface area contributed by atoms with E-state index in [1.54, 1.807) is 0 Å². The van der Waals surface area contributed by atoms with Gasteiger partial charge < -0.3 is 4.90 Å². The van der Waals surface area contributed by atoms with Gasteiger partial charge in [0.05, 0.1) is 0 Å². The Balaban J connectivity index is 2.65. The van der Waals surface area contributed by atoms with Crippen molar-refractivity contribution in [1.29, 1.82) is 0 Å². The molecule has 0 heterocycles. The highest BCUT2D eigenvalue weighted by Gasteiger charge is 2.37. The van der Waals surface area contributed by atoms with E-state index in [4.69, 9.17) is 6.42 Å². The van der Waals surface area contributed by atoms with Crippen LogP contribution in [0.5, 0.6) is 0 Å². The SMILES string of the molecule is C#CC1CC(C(=O)N(C)[C@@H](CC(C)(C)C)C(C)C)C1. The van der Waals surface area contributed by atoms with Crippen LogP contribution >= 0.6 is 0 Å². The Labute approximate surface area is 118 Å². The largest absolute Gasteiger partial charge is 0.342 e. The zero-order valence-electron chi connectivity index (χ0n) is 13.4. The van der Waals surface area contributed by atoms with Crippen molar-refractivity contribution in [2.24, 2.45) is 23.2 Å². The Bertz CT molecular complexity index is 352. The smallest absolute Gasteiger partial charge is 0.225 e. The van der Waals surface area contributed by atoms with Gasteiger partial charge in [0.1, 0.15) is 0 Å². The van der Waals surface area contributed by atoms with Crippen molar-refractivity contribution in [3.8, 4) is 12.3 Å². The summed E-state index contributed by atoms with van der Waals surface area (Å²) in [7, 11) is 1.96. The van der Waals surface area contributed by atoms with E-state index in [1.165, 1.54) is 0 Å². The van der Waals surface area contributed by atoms with Crippen LogP contribution in [0.1, 0.15) is 53.9 Å². The molecule has 2 nitrogen and oxygen atoms in total. The Morgan fingerprint density at radius 2 is 1.89 bits per heavy atom. The lowest BCUT2D eigenvalue weighted by atomic mass is 9.74. The predicted octanol–water partition coefficient (Wildman–Crippen LogP) is 3.57. The number of rotatable bonds is 4. The van der Waals surface area contributed by atoms with Crippen LogP contribution in [0.3, 0.4) is 0 Å². The van der Waals surface area contributed by atoms with E-state index in [0.717, 1.165) is 19.3 Å². The summed E-state index contributed by atoms with van der Waals surface area (Å²) in [6.45, 7) is 11.1. The second-order valence-corrected chi connectivity index (χ2v) is 7.56. The van der Waals surface area contributed by atoms with Crippen LogP contribution in [0.25, 0.3) is 0 Å². The van der Waals surface area contributed by atoms with Gasteiger partial charge in [-0.15, -0.1) is 12.3 Å². The maximum absolute atomic E-state index is 12.5. The molecule has 1 atom stereocenters. The maximum atomic E-state index is 12.5. The first-order valence-electron chi connectivity index (χ1n) is 7.38. The summed E-state index contributed by atoms with van der Waals surface area (Å²) in [4.78, 5) is 14.5. The first kappa shape index (κ1) is 16.1. The minimum atomic E-state index is 0.160. The van der Waals surface area contributed by atoms with E-state index < -0.39 is 0 Å². The monoisotopic (exact) mass is 263 g/mol. The summed E-state index contributed by atoms with van der Waals surface area (Å²) in [5, 5.41) is 0. The lowest BCUT2D eigenvalue weighted by Crippen LogP contribution is -2.47. The van der Waals surface area contributed by atoms with Gasteiger partial charge in [-0.2, -0.15) is 0 Å². The third-order valence-corrected chi connectivity index (χ3v) is 4.16. The van der Waals surface area contributed by atoms with Crippen LogP contribution in [0.4, 0.5) is 0 Å². The first-order chi connectivity index (χ1) is 8.65. The average Bonchev–Trinajstić information content (AvgIpc) is 2.21. The van der Waals surface area contributed by atoms with Crippen molar-refractivity contribution in [2.75, 3.05) is 7.05 Å². The third kappa shape index (κ3) is 4.27. The van der Waals surface area contributed by atoms with Crippen LogP contribution in [0.15, 0.2) is 0 Å². The fraction of sp³-hybridized carbons (Fsp3) is 0.824. The number of hydrogen-bond donors (Lipinski definition) is 0. The molecule has 0 unspecified atom stereocenters. The van der Waals surface area contributed by atoms with Crippen molar-refractivity contribution in [1.82, 2.24) is 4.90 Å². The molecule has 0 aromatic carbocycles. The van der Waals surface area contributed by atoms with Gasteiger partial charge in [-0.1, -0.05) is 34.6 Å². The van der Waals surface area contributed by atoms with Crippen molar-refractivity contribution in [3.63, 3.8) is 0 Å². The Morgan fingerprint density at radius 1 is 1.37 bits per heavy atom. The fourth-order valence-electron chi connectivity index (χ4n) is 2.85. The van der Waals surface area contributed by atoms with Gasteiger partial charge in [0.15, 0.2) is 0 Å². The molecule has 0 N–H and O–H groups in total. The number of hydrogen-bond acceptors (Lipinski definition) is 1. The van der Waals surface area contributed by atoms with E-state index in [1.807, 2.05) is 11.9 Å². The van der Waals surface area contributed by atoms with Gasteiger partial charge >= 0.3 is 0 Å². The van der Waals surface area contributed by atoms with Crippen molar-refractivity contribution in [3.05, 3.63) is 0 Å². The molecule has 0 aromatic rings. The number of amides is 1. The zero-order chi connectivity index (χ0) is 14.8. The number of nitrogens with zero attached hydrogens (tertiary/aromatic N) is 1. The van der Waals surface area contributed by atoms with Crippen LogP contribution in [-0.4, -0.2) is 23.9 Å². The summed E-state index contributed by atoms with van der Waals surface area (Å²) < 4.78 is 0. The van der Waals surface area contributed by atoms with Crippen molar-refractivity contribution in [2.45, 2.75) is 59.9 Å². The number of carbonyl (C=O) groups is 1. The molecule has 1 aliphatic rings. The minimum Gasteiger partial charge on any atom is -0.342 e. The summed E-state index contributed by atoms with van der Waals surface area (Å²) in [5.41, 5.74) is 0.241. The molecule has 19 heavy (non-hydrogen) atoms. The predicted molar refractivity (Wildman–Crippen MR) is 80.5 cm³/mol. The van der Waals surface area contributed by atoms with Crippen molar-refractivity contribution >= 4 is 5.91 Å². The fourth-order valence-corrected chi connectivity index (χ4v) is 2.85. The van der Waals surface area contributed by atoms with E-state index in [0.29, 0.717) is 17.9 Å². The third-order valence-electron chi connectivity index (χ3n) is 4.16. The lowest BCUT2D eigenvalue weighted by Gasteiger charge is -2.40. The van der Waals surface area contributed by atoms with Crippen LogP contribution < -0.4 is 0 Å². The summed E-state index contributed by atoms with van der Waals surface area (Å²) in [6, 6.07) is 0.317. The van der Waals surface area contributed by atoms with Gasteiger partial charge in [0.25, 0.3) is 0 Å². The molecule has 2 heteroatoms.